The third-order valence-electron chi connectivity index (χ3n) is 2.65. The number of benzene rings is 1. The summed E-state index contributed by atoms with van der Waals surface area (Å²) in [6, 6.07) is 8.05. The molecule has 2 atom stereocenters. The third-order valence-corrected chi connectivity index (χ3v) is 2.65. The number of rotatable bonds is 6. The van der Waals surface area contributed by atoms with E-state index in [0.717, 1.165) is 5.56 Å². The van der Waals surface area contributed by atoms with Gasteiger partial charge in [0.05, 0.1) is 12.5 Å². The van der Waals surface area contributed by atoms with Gasteiger partial charge in [-0.05, 0) is 12.5 Å². The van der Waals surface area contributed by atoms with Crippen molar-refractivity contribution in [2.75, 3.05) is 6.61 Å². The Bertz CT molecular complexity index is 456. The predicted molar refractivity (Wildman–Crippen MR) is 72.1 cm³/mol. The number of nitro groups is 1. The average molecular weight is 263 g/mol. The van der Waals surface area contributed by atoms with Gasteiger partial charge in [-0.1, -0.05) is 49.4 Å². The molecule has 0 saturated carbocycles. The van der Waals surface area contributed by atoms with Crippen LogP contribution in [0.3, 0.4) is 0 Å². The van der Waals surface area contributed by atoms with E-state index in [0.29, 0.717) is 0 Å². The highest BCUT2D eigenvalue weighted by Crippen LogP contribution is 2.13. The van der Waals surface area contributed by atoms with Crippen molar-refractivity contribution in [3.63, 3.8) is 0 Å². The Balaban J connectivity index is 2.78. The molecule has 0 aliphatic rings. The largest absolute Gasteiger partial charge is 0.461 e. The summed E-state index contributed by atoms with van der Waals surface area (Å²) in [4.78, 5) is 21.9. The maximum Gasteiger partial charge on any atom is 0.382 e. The molecule has 1 aromatic rings. The summed E-state index contributed by atoms with van der Waals surface area (Å²) in [5.74, 6) is -1.33. The van der Waals surface area contributed by atoms with E-state index in [2.05, 4.69) is 0 Å². The van der Waals surface area contributed by atoms with Gasteiger partial charge < -0.3 is 4.74 Å². The topological polar surface area (TPSA) is 69.4 Å². The highest BCUT2D eigenvalue weighted by Gasteiger charge is 2.35. The quantitative estimate of drug-likeness (QED) is 0.449. The Hall–Kier alpha value is -2.17. The van der Waals surface area contributed by atoms with E-state index in [-0.39, 0.29) is 6.61 Å². The van der Waals surface area contributed by atoms with Crippen LogP contribution in [0.2, 0.25) is 0 Å². The Morgan fingerprint density at radius 1 is 1.42 bits per heavy atom. The summed E-state index contributed by atoms with van der Waals surface area (Å²) in [5, 5.41) is 10.9. The Morgan fingerprint density at radius 3 is 2.58 bits per heavy atom. The first-order valence-electron chi connectivity index (χ1n) is 6.09. The molecule has 0 aliphatic heterocycles. The van der Waals surface area contributed by atoms with Gasteiger partial charge in [0.1, 0.15) is 0 Å². The molecule has 5 heteroatoms. The van der Waals surface area contributed by atoms with Crippen molar-refractivity contribution in [2.45, 2.75) is 19.9 Å². The molecule has 0 amide bonds. The molecule has 0 radical (unpaired) electrons. The third kappa shape index (κ3) is 4.54. The minimum atomic E-state index is -1.36. The first kappa shape index (κ1) is 14.9. The van der Waals surface area contributed by atoms with Crippen molar-refractivity contribution in [1.29, 1.82) is 0 Å². The SMILES string of the molecule is CCOC(=O)C([C@@H](C)/C=C/c1ccccc1)[N+](=O)[O-]. The molecule has 0 saturated heterocycles. The zero-order chi connectivity index (χ0) is 14.3. The van der Waals surface area contributed by atoms with E-state index in [1.165, 1.54) is 0 Å². The van der Waals surface area contributed by atoms with Crippen molar-refractivity contribution < 1.29 is 14.5 Å². The van der Waals surface area contributed by atoms with Gasteiger partial charge in [0, 0.05) is 4.92 Å². The monoisotopic (exact) mass is 263 g/mol. The highest BCUT2D eigenvalue weighted by atomic mass is 16.6. The minimum Gasteiger partial charge on any atom is -0.461 e. The van der Waals surface area contributed by atoms with E-state index in [1.54, 1.807) is 26.0 Å². The molecule has 0 N–H and O–H groups in total. The maximum absolute atomic E-state index is 11.5. The molecule has 19 heavy (non-hydrogen) atoms. The van der Waals surface area contributed by atoms with Crippen molar-refractivity contribution >= 4 is 12.0 Å². The molecular weight excluding hydrogens is 246 g/mol. The fourth-order valence-electron chi connectivity index (χ4n) is 1.65. The Morgan fingerprint density at radius 2 is 2.05 bits per heavy atom. The summed E-state index contributed by atoms with van der Waals surface area (Å²) in [6.07, 6.45) is 3.42. The van der Waals surface area contributed by atoms with Crippen LogP contribution < -0.4 is 0 Å². The lowest BCUT2D eigenvalue weighted by Gasteiger charge is -2.12. The summed E-state index contributed by atoms with van der Waals surface area (Å²) in [7, 11) is 0. The molecule has 0 aromatic heterocycles. The van der Waals surface area contributed by atoms with Crippen LogP contribution in [0, 0.1) is 16.0 Å². The zero-order valence-corrected chi connectivity index (χ0v) is 11.0. The molecule has 102 valence electrons. The number of nitrogens with zero attached hydrogens (tertiary/aromatic N) is 1. The number of carbonyl (C=O) groups is 1. The van der Waals surface area contributed by atoms with Crippen LogP contribution in [0.25, 0.3) is 6.08 Å². The predicted octanol–water partition coefficient (Wildman–Crippen LogP) is 2.54. The standard InChI is InChI=1S/C14H17NO4/c1-3-19-14(16)13(15(17)18)11(2)9-10-12-7-5-4-6-8-12/h4-11,13H,3H2,1-2H3/b10-9+/t11-,13?/m0/s1. The van der Waals surface area contributed by atoms with E-state index in [4.69, 9.17) is 4.74 Å². The summed E-state index contributed by atoms with van der Waals surface area (Å²) in [5.41, 5.74) is 0.931. The van der Waals surface area contributed by atoms with Crippen LogP contribution in [-0.2, 0) is 9.53 Å². The zero-order valence-electron chi connectivity index (χ0n) is 11.0. The number of esters is 1. The molecule has 1 rings (SSSR count). The van der Waals surface area contributed by atoms with Gasteiger partial charge in [-0.3, -0.25) is 10.1 Å². The minimum absolute atomic E-state index is 0.137. The van der Waals surface area contributed by atoms with Gasteiger partial charge >= 0.3 is 12.0 Å². The van der Waals surface area contributed by atoms with E-state index in [1.807, 2.05) is 30.3 Å². The smallest absolute Gasteiger partial charge is 0.382 e. The highest BCUT2D eigenvalue weighted by molar-refractivity contribution is 5.75. The molecule has 0 bridgehead atoms. The molecule has 1 unspecified atom stereocenters. The Kier molecular flexibility index (Phi) is 5.73. The molecule has 0 spiro atoms. The number of ether oxygens (including phenoxy) is 1. The number of hydrogen-bond acceptors (Lipinski definition) is 4. The number of hydrogen-bond donors (Lipinski definition) is 0. The van der Waals surface area contributed by atoms with Gasteiger partial charge in [0.2, 0.25) is 0 Å². The van der Waals surface area contributed by atoms with Gasteiger partial charge in [-0.15, -0.1) is 0 Å². The van der Waals surface area contributed by atoms with Crippen LogP contribution in [0.5, 0.6) is 0 Å². The number of carbonyl (C=O) groups excluding carboxylic acids is 1. The van der Waals surface area contributed by atoms with Crippen molar-refractivity contribution in [3.8, 4) is 0 Å². The van der Waals surface area contributed by atoms with Crippen LogP contribution in [-0.4, -0.2) is 23.5 Å². The second kappa shape index (κ2) is 7.31. The summed E-state index contributed by atoms with van der Waals surface area (Å²) in [6.45, 7) is 3.39. The first-order valence-corrected chi connectivity index (χ1v) is 6.09. The fraction of sp³-hybridized carbons (Fsp3) is 0.357. The summed E-state index contributed by atoms with van der Waals surface area (Å²) < 4.78 is 4.72. The second-order valence-electron chi connectivity index (χ2n) is 4.11. The molecule has 0 heterocycles. The average Bonchev–Trinajstić information content (AvgIpc) is 2.37. The van der Waals surface area contributed by atoms with Crippen molar-refractivity contribution in [3.05, 3.63) is 52.1 Å². The molecule has 0 aliphatic carbocycles. The van der Waals surface area contributed by atoms with Gasteiger partial charge in [0.15, 0.2) is 0 Å². The fourth-order valence-corrected chi connectivity index (χ4v) is 1.65. The normalized spacial score (nSPS) is 14.0. The van der Waals surface area contributed by atoms with Crippen LogP contribution in [0.1, 0.15) is 19.4 Å². The maximum atomic E-state index is 11.5. The second-order valence-corrected chi connectivity index (χ2v) is 4.11. The van der Waals surface area contributed by atoms with E-state index >= 15 is 0 Å². The van der Waals surface area contributed by atoms with Crippen LogP contribution in [0.4, 0.5) is 0 Å². The van der Waals surface area contributed by atoms with Crippen molar-refractivity contribution in [2.24, 2.45) is 5.92 Å². The van der Waals surface area contributed by atoms with Crippen LogP contribution in [0.15, 0.2) is 36.4 Å². The van der Waals surface area contributed by atoms with Gasteiger partial charge in [0.25, 0.3) is 0 Å². The molecular formula is C14H17NO4. The Labute approximate surface area is 112 Å². The van der Waals surface area contributed by atoms with E-state index in [9.17, 15) is 14.9 Å². The van der Waals surface area contributed by atoms with E-state index < -0.39 is 22.9 Å². The summed E-state index contributed by atoms with van der Waals surface area (Å²) >= 11 is 0. The van der Waals surface area contributed by atoms with Gasteiger partial charge in [-0.25, -0.2) is 4.79 Å². The van der Waals surface area contributed by atoms with Crippen molar-refractivity contribution in [1.82, 2.24) is 0 Å². The molecule has 5 nitrogen and oxygen atoms in total. The van der Waals surface area contributed by atoms with Gasteiger partial charge in [-0.2, -0.15) is 0 Å². The molecule has 1 aromatic carbocycles. The van der Waals surface area contributed by atoms with Crippen LogP contribution >= 0.6 is 0 Å². The lowest BCUT2D eigenvalue weighted by atomic mass is 10.0. The lowest BCUT2D eigenvalue weighted by molar-refractivity contribution is -0.516. The molecule has 0 fully saturated rings. The first-order chi connectivity index (χ1) is 9.06. The lowest BCUT2D eigenvalue weighted by Crippen LogP contribution is -2.36.